The summed E-state index contributed by atoms with van der Waals surface area (Å²) in [6.07, 6.45) is 1.25. The number of amidine groups is 1. The average molecular weight is 665 g/mol. The molecule has 1 unspecified atom stereocenters. The van der Waals surface area contributed by atoms with E-state index in [0.717, 1.165) is 31.5 Å². The maximum absolute atomic E-state index is 15.6. The molecule has 2 N–H and O–H groups in total. The van der Waals surface area contributed by atoms with Crippen molar-refractivity contribution >= 4 is 40.3 Å². The number of Topliss-reactive ketones (excluding diaryl/α,β-unsaturated/α-hetero) is 1. The van der Waals surface area contributed by atoms with Gasteiger partial charge in [0.15, 0.2) is 29.2 Å². The lowest BCUT2D eigenvalue weighted by Gasteiger charge is -2.31. The molecule has 2 heterocycles. The number of carbonyl (C=O) groups is 2. The van der Waals surface area contributed by atoms with Crippen LogP contribution in [0.1, 0.15) is 87.9 Å². The number of ether oxygens (including phenoxy) is 3. The molecular formula is C32H43BrFN3O6. The van der Waals surface area contributed by atoms with E-state index in [1.54, 1.807) is 43.9 Å². The van der Waals surface area contributed by atoms with Crippen LogP contribution in [0.3, 0.4) is 0 Å². The van der Waals surface area contributed by atoms with Gasteiger partial charge in [-0.05, 0) is 62.3 Å². The standard InChI is InChI=1S/C32H42FN3O6.BrH/c1-7-24(31(38)39)42-28-21(32(4,5)6)14-19(15-22(28)35-12-10-11-13-35)23(37)18-36-17-20-16-25(40-8-2)29(41-9-3)27(33)26(20)30(36)34;/h14-16,24,34H,7-13,17-18H2,1-6H3,(H,38,39);1H. The van der Waals surface area contributed by atoms with E-state index < -0.39 is 23.3 Å². The molecule has 11 heteroatoms. The molecule has 2 aromatic carbocycles. The molecule has 0 amide bonds. The number of fused-ring (bicyclic) bond motifs is 1. The van der Waals surface area contributed by atoms with Gasteiger partial charge in [0.2, 0.25) is 0 Å². The minimum atomic E-state index is -1.04. The number of anilines is 1. The Morgan fingerprint density at radius 1 is 1.05 bits per heavy atom. The lowest BCUT2D eigenvalue weighted by molar-refractivity contribution is -0.145. The van der Waals surface area contributed by atoms with Gasteiger partial charge in [-0.15, -0.1) is 17.0 Å². The van der Waals surface area contributed by atoms with Gasteiger partial charge in [-0.3, -0.25) is 10.2 Å². The molecular weight excluding hydrogens is 621 g/mol. The molecule has 0 aromatic heterocycles. The molecule has 43 heavy (non-hydrogen) atoms. The average Bonchev–Trinajstić information content (AvgIpc) is 3.57. The third-order valence-electron chi connectivity index (χ3n) is 7.66. The number of carbonyl (C=O) groups excluding carboxylic acids is 1. The highest BCUT2D eigenvalue weighted by Crippen LogP contribution is 2.43. The van der Waals surface area contributed by atoms with E-state index in [0.29, 0.717) is 35.6 Å². The summed E-state index contributed by atoms with van der Waals surface area (Å²) in [6.45, 7) is 13.5. The number of aliphatic carboxylic acids is 1. The normalized spacial score (nSPS) is 15.2. The first-order valence-corrected chi connectivity index (χ1v) is 14.7. The predicted molar refractivity (Wildman–Crippen MR) is 170 cm³/mol. The monoisotopic (exact) mass is 663 g/mol. The summed E-state index contributed by atoms with van der Waals surface area (Å²) in [5, 5.41) is 18.5. The van der Waals surface area contributed by atoms with Crippen LogP contribution in [-0.4, -0.2) is 66.5 Å². The number of nitrogens with one attached hydrogen (secondary N) is 1. The highest BCUT2D eigenvalue weighted by atomic mass is 79.9. The van der Waals surface area contributed by atoms with Gasteiger partial charge in [0.05, 0.1) is 31.0 Å². The molecule has 9 nitrogen and oxygen atoms in total. The fourth-order valence-corrected chi connectivity index (χ4v) is 5.52. The van der Waals surface area contributed by atoms with Gasteiger partial charge in [0.25, 0.3) is 0 Å². The Kier molecular flexibility index (Phi) is 11.1. The van der Waals surface area contributed by atoms with Crippen LogP contribution in [0.5, 0.6) is 17.2 Å². The van der Waals surface area contributed by atoms with E-state index in [2.05, 4.69) is 4.90 Å². The Bertz CT molecular complexity index is 1370. The molecule has 0 radical (unpaired) electrons. The second-order valence-corrected chi connectivity index (χ2v) is 11.7. The largest absolute Gasteiger partial charge is 0.490 e. The van der Waals surface area contributed by atoms with Crippen LogP contribution >= 0.6 is 17.0 Å². The molecule has 0 saturated carbocycles. The fourth-order valence-electron chi connectivity index (χ4n) is 5.52. The van der Waals surface area contributed by atoms with Crippen molar-refractivity contribution in [2.45, 2.75) is 78.9 Å². The van der Waals surface area contributed by atoms with Gasteiger partial charge in [-0.2, -0.15) is 0 Å². The van der Waals surface area contributed by atoms with E-state index in [1.165, 1.54) is 0 Å². The van der Waals surface area contributed by atoms with Crippen molar-refractivity contribution in [3.8, 4) is 17.2 Å². The van der Waals surface area contributed by atoms with Crippen LogP contribution in [0.15, 0.2) is 18.2 Å². The first-order valence-electron chi connectivity index (χ1n) is 14.7. The van der Waals surface area contributed by atoms with Crippen molar-refractivity contribution in [3.05, 3.63) is 46.3 Å². The Morgan fingerprint density at radius 3 is 2.26 bits per heavy atom. The minimum absolute atomic E-state index is 0. The third kappa shape index (κ3) is 7.08. The first-order chi connectivity index (χ1) is 19.9. The van der Waals surface area contributed by atoms with Crippen LogP contribution in [-0.2, 0) is 16.8 Å². The van der Waals surface area contributed by atoms with Crippen LogP contribution in [0.2, 0.25) is 0 Å². The first kappa shape index (κ1) is 34.2. The molecule has 236 valence electrons. The predicted octanol–water partition coefficient (Wildman–Crippen LogP) is 6.36. The molecule has 2 aliphatic rings. The van der Waals surface area contributed by atoms with Gasteiger partial charge >= 0.3 is 5.97 Å². The second-order valence-electron chi connectivity index (χ2n) is 11.7. The van der Waals surface area contributed by atoms with Crippen LogP contribution in [0.4, 0.5) is 10.1 Å². The summed E-state index contributed by atoms with van der Waals surface area (Å²) in [6, 6.07) is 5.24. The summed E-state index contributed by atoms with van der Waals surface area (Å²) >= 11 is 0. The number of nitrogens with zero attached hydrogens (tertiary/aromatic N) is 2. The molecule has 2 aromatic rings. The Balaban J connectivity index is 0.00000506. The second kappa shape index (κ2) is 14.0. The van der Waals surface area contributed by atoms with Gasteiger partial charge in [-0.1, -0.05) is 27.7 Å². The lowest BCUT2D eigenvalue weighted by atomic mass is 9.84. The molecule has 1 saturated heterocycles. The Hall–Kier alpha value is -3.34. The topological polar surface area (TPSA) is 112 Å². The molecule has 2 aliphatic heterocycles. The van der Waals surface area contributed by atoms with E-state index >= 15 is 4.39 Å². The van der Waals surface area contributed by atoms with Crippen molar-refractivity contribution in [1.82, 2.24) is 4.90 Å². The summed E-state index contributed by atoms with van der Waals surface area (Å²) in [7, 11) is 0. The van der Waals surface area contributed by atoms with E-state index in [4.69, 9.17) is 19.6 Å². The number of ketones is 1. The summed E-state index contributed by atoms with van der Waals surface area (Å²) in [4.78, 5) is 29.4. The minimum Gasteiger partial charge on any atom is -0.490 e. The van der Waals surface area contributed by atoms with Crippen LogP contribution < -0.4 is 19.1 Å². The number of rotatable bonds is 12. The van der Waals surface area contributed by atoms with Gasteiger partial charge in [0, 0.05) is 30.8 Å². The molecule has 0 spiro atoms. The van der Waals surface area contributed by atoms with E-state index in [9.17, 15) is 14.7 Å². The highest BCUT2D eigenvalue weighted by Gasteiger charge is 2.35. The summed E-state index contributed by atoms with van der Waals surface area (Å²) in [5.74, 6) is -1.26. The van der Waals surface area contributed by atoms with Gasteiger partial charge < -0.3 is 29.1 Å². The molecule has 1 atom stereocenters. The van der Waals surface area contributed by atoms with Gasteiger partial charge in [-0.25, -0.2) is 9.18 Å². The maximum Gasteiger partial charge on any atom is 0.344 e. The number of benzene rings is 2. The summed E-state index contributed by atoms with van der Waals surface area (Å²) in [5.41, 5.74) is 2.10. The Labute approximate surface area is 263 Å². The van der Waals surface area contributed by atoms with Crippen molar-refractivity contribution in [2.24, 2.45) is 0 Å². The number of hydrogen-bond donors (Lipinski definition) is 2. The lowest BCUT2D eigenvalue weighted by Crippen LogP contribution is -2.32. The number of halogens is 2. The summed E-state index contributed by atoms with van der Waals surface area (Å²) < 4.78 is 32.8. The quantitative estimate of drug-likeness (QED) is 0.252. The fraction of sp³-hybridized carbons (Fsp3) is 0.531. The van der Waals surface area contributed by atoms with Crippen molar-refractivity contribution in [3.63, 3.8) is 0 Å². The number of carboxylic acids is 1. The SMILES string of the molecule is Br.CCOc1cc2c(c(F)c1OCC)C(=N)N(CC(=O)c1cc(N3CCCC3)c(OC(CC)C(=O)O)c(C(C)(C)C)c1)C2. The maximum atomic E-state index is 15.6. The third-order valence-corrected chi connectivity index (χ3v) is 7.66. The number of hydrogen-bond acceptors (Lipinski definition) is 7. The zero-order valence-electron chi connectivity index (χ0n) is 25.8. The molecule has 0 aliphatic carbocycles. The molecule has 4 rings (SSSR count). The zero-order chi connectivity index (χ0) is 30.8. The van der Waals surface area contributed by atoms with Gasteiger partial charge in [0.1, 0.15) is 11.6 Å². The zero-order valence-corrected chi connectivity index (χ0v) is 27.6. The Morgan fingerprint density at radius 2 is 1.70 bits per heavy atom. The smallest absolute Gasteiger partial charge is 0.344 e. The van der Waals surface area contributed by atoms with Crippen molar-refractivity contribution in [1.29, 1.82) is 5.41 Å². The van der Waals surface area contributed by atoms with Crippen LogP contribution in [0, 0.1) is 11.2 Å². The van der Waals surface area contributed by atoms with E-state index in [-0.39, 0.29) is 65.4 Å². The highest BCUT2D eigenvalue weighted by molar-refractivity contribution is 8.93. The van der Waals surface area contributed by atoms with Crippen LogP contribution in [0.25, 0.3) is 0 Å². The number of carboxylic acid groups (broad SMARTS) is 1. The van der Waals surface area contributed by atoms with E-state index in [1.807, 2.05) is 20.8 Å². The van der Waals surface area contributed by atoms with Crippen molar-refractivity contribution < 1.29 is 33.3 Å². The van der Waals surface area contributed by atoms with Crippen molar-refractivity contribution in [2.75, 3.05) is 37.7 Å². The molecule has 0 bridgehead atoms. The molecule has 1 fully saturated rings.